The van der Waals surface area contributed by atoms with Crippen molar-refractivity contribution in [3.05, 3.63) is 253 Å². The second-order valence-electron chi connectivity index (χ2n) is 16.0. The van der Waals surface area contributed by atoms with Gasteiger partial charge in [0.15, 0.2) is 0 Å². The van der Waals surface area contributed by atoms with E-state index < -0.39 is 5.41 Å². The van der Waals surface area contributed by atoms with E-state index in [-0.39, 0.29) is 0 Å². The van der Waals surface area contributed by atoms with Crippen molar-refractivity contribution in [1.29, 1.82) is 0 Å². The zero-order chi connectivity index (χ0) is 40.3. The molecule has 2 aromatic heterocycles. The fourth-order valence-electron chi connectivity index (χ4n) is 10.1. The van der Waals surface area contributed by atoms with E-state index in [2.05, 4.69) is 206 Å². The van der Waals surface area contributed by atoms with E-state index in [1.165, 1.54) is 66.8 Å². The molecule has 1 spiro atoms. The highest BCUT2D eigenvalue weighted by atomic mass is 14.7. The van der Waals surface area contributed by atoms with Gasteiger partial charge in [0, 0.05) is 34.6 Å². The number of aromatic nitrogens is 2. The molecule has 2 aliphatic rings. The molecule has 284 valence electrons. The molecule has 0 saturated heterocycles. The van der Waals surface area contributed by atoms with Gasteiger partial charge in [-0.05, 0) is 90.0 Å². The van der Waals surface area contributed by atoms with Gasteiger partial charge in [0.05, 0.1) is 16.8 Å². The van der Waals surface area contributed by atoms with Crippen LogP contribution >= 0.6 is 0 Å². The molecule has 2 aliphatic carbocycles. The van der Waals surface area contributed by atoms with Crippen LogP contribution in [0.25, 0.3) is 89.3 Å². The molecule has 0 bridgehead atoms. The van der Waals surface area contributed by atoms with Crippen LogP contribution in [0.15, 0.2) is 231 Å². The smallest absolute Gasteiger partial charge is 0.0737 e. The predicted molar refractivity (Wildman–Crippen MR) is 251 cm³/mol. The van der Waals surface area contributed by atoms with Crippen LogP contribution < -0.4 is 0 Å². The number of rotatable bonds is 6. The van der Waals surface area contributed by atoms with Crippen molar-refractivity contribution in [2.45, 2.75) is 5.41 Å². The summed E-state index contributed by atoms with van der Waals surface area (Å²) in [5.74, 6) is 0. The maximum atomic E-state index is 4.83. The van der Waals surface area contributed by atoms with Gasteiger partial charge in [0.2, 0.25) is 0 Å². The molecule has 8 aromatic carbocycles. The molecule has 2 heterocycles. The number of pyridine rings is 2. The number of hydrogen-bond donors (Lipinski definition) is 0. The molecular formula is C59H38N2. The van der Waals surface area contributed by atoms with Gasteiger partial charge in [-0.2, -0.15) is 0 Å². The Balaban J connectivity index is 0.993. The standard InChI is InChI=1S/C59H38N2/c1-3-13-43(14-4-1)55-35-33-45(37-60-55)39-25-29-41(30-26-39)47-19-11-21-51-52-22-12-20-48(42-31-27-40(28-32-42)46-34-36-56(61-38-46)44-15-5-2-6-16-44)58(52)59(57(47)51)53-23-9-7-17-49(53)50-18-8-10-24-54(50)59/h1-38H. The molecule has 0 atom stereocenters. The summed E-state index contributed by atoms with van der Waals surface area (Å²) in [5.41, 5.74) is 23.6. The summed E-state index contributed by atoms with van der Waals surface area (Å²) in [6.45, 7) is 0. The third-order valence-electron chi connectivity index (χ3n) is 12.8. The van der Waals surface area contributed by atoms with Gasteiger partial charge in [0.25, 0.3) is 0 Å². The third-order valence-corrected chi connectivity index (χ3v) is 12.8. The SMILES string of the molecule is c1ccc(-c2ccc(-c3ccc(-c4cccc5c4C4(c6ccccc6-c6ccccc64)c4c(-c6ccc(-c7ccc(-c8ccccc8)nc7)cc6)cccc4-5)cc3)cn2)cc1. The lowest BCUT2D eigenvalue weighted by Gasteiger charge is -2.33. The van der Waals surface area contributed by atoms with Crippen molar-refractivity contribution in [1.82, 2.24) is 9.97 Å². The average molecular weight is 775 g/mol. The zero-order valence-corrected chi connectivity index (χ0v) is 33.3. The largest absolute Gasteiger partial charge is 0.256 e. The maximum absolute atomic E-state index is 4.83. The van der Waals surface area contributed by atoms with Gasteiger partial charge in [-0.1, -0.05) is 206 Å². The van der Waals surface area contributed by atoms with E-state index in [0.717, 1.165) is 44.8 Å². The summed E-state index contributed by atoms with van der Waals surface area (Å²) in [6, 6.07) is 79.4. The van der Waals surface area contributed by atoms with Crippen LogP contribution in [0.4, 0.5) is 0 Å². The van der Waals surface area contributed by atoms with Crippen LogP contribution in [-0.4, -0.2) is 9.97 Å². The van der Waals surface area contributed by atoms with E-state index in [9.17, 15) is 0 Å². The van der Waals surface area contributed by atoms with Crippen molar-refractivity contribution < 1.29 is 0 Å². The molecule has 0 saturated carbocycles. The summed E-state index contributed by atoms with van der Waals surface area (Å²) < 4.78 is 0. The Bertz CT molecular complexity index is 3020. The fourth-order valence-corrected chi connectivity index (χ4v) is 10.1. The molecule has 0 unspecified atom stereocenters. The summed E-state index contributed by atoms with van der Waals surface area (Å²) in [4.78, 5) is 9.66. The van der Waals surface area contributed by atoms with Crippen molar-refractivity contribution in [3.63, 3.8) is 0 Å². The first kappa shape index (κ1) is 35.0. The molecule has 12 rings (SSSR count). The first-order valence-corrected chi connectivity index (χ1v) is 21.0. The Kier molecular flexibility index (Phi) is 8.11. The Labute approximate surface area is 356 Å². The lowest BCUT2D eigenvalue weighted by Crippen LogP contribution is -2.27. The third kappa shape index (κ3) is 5.50. The monoisotopic (exact) mass is 774 g/mol. The first-order valence-electron chi connectivity index (χ1n) is 21.0. The highest BCUT2D eigenvalue weighted by molar-refractivity contribution is 6.02. The van der Waals surface area contributed by atoms with E-state index in [1.54, 1.807) is 0 Å². The highest BCUT2D eigenvalue weighted by Crippen LogP contribution is 2.66. The van der Waals surface area contributed by atoms with E-state index >= 15 is 0 Å². The summed E-state index contributed by atoms with van der Waals surface area (Å²) >= 11 is 0. The van der Waals surface area contributed by atoms with Crippen molar-refractivity contribution in [2.24, 2.45) is 0 Å². The first-order chi connectivity index (χ1) is 30.3. The van der Waals surface area contributed by atoms with Crippen molar-refractivity contribution >= 4 is 0 Å². The predicted octanol–water partition coefficient (Wildman–Crippen LogP) is 14.8. The van der Waals surface area contributed by atoms with E-state index in [1.807, 2.05) is 24.5 Å². The lowest BCUT2D eigenvalue weighted by molar-refractivity contribution is 0.797. The molecule has 0 radical (unpaired) electrons. The Morgan fingerprint density at radius 3 is 0.984 bits per heavy atom. The molecule has 2 nitrogen and oxygen atoms in total. The van der Waals surface area contributed by atoms with Crippen molar-refractivity contribution in [2.75, 3.05) is 0 Å². The Morgan fingerprint density at radius 2 is 0.574 bits per heavy atom. The topological polar surface area (TPSA) is 25.8 Å². The molecule has 61 heavy (non-hydrogen) atoms. The average Bonchev–Trinajstić information content (AvgIpc) is 3.82. The minimum atomic E-state index is -0.531. The number of benzene rings is 8. The molecule has 2 heteroatoms. The van der Waals surface area contributed by atoms with E-state index in [4.69, 9.17) is 9.97 Å². The van der Waals surface area contributed by atoms with Gasteiger partial charge in [-0.15, -0.1) is 0 Å². The van der Waals surface area contributed by atoms with Gasteiger partial charge in [0.1, 0.15) is 0 Å². The van der Waals surface area contributed by atoms with Gasteiger partial charge in [-0.25, -0.2) is 0 Å². The van der Waals surface area contributed by atoms with Crippen molar-refractivity contribution in [3.8, 4) is 89.3 Å². The fraction of sp³-hybridized carbons (Fsp3) is 0.0169. The molecule has 0 fully saturated rings. The number of hydrogen-bond acceptors (Lipinski definition) is 2. The minimum absolute atomic E-state index is 0.531. The Morgan fingerprint density at radius 1 is 0.230 bits per heavy atom. The Hall–Kier alpha value is -7.94. The summed E-state index contributed by atoms with van der Waals surface area (Å²) in [7, 11) is 0. The second kappa shape index (κ2) is 14.1. The normalized spacial score (nSPS) is 12.7. The van der Waals surface area contributed by atoms with Crippen LogP contribution in [0.3, 0.4) is 0 Å². The molecule has 0 aliphatic heterocycles. The lowest BCUT2D eigenvalue weighted by atomic mass is 9.67. The molecule has 10 aromatic rings. The van der Waals surface area contributed by atoms with Crippen LogP contribution in [-0.2, 0) is 5.41 Å². The van der Waals surface area contributed by atoms with Gasteiger partial charge < -0.3 is 0 Å². The molecule has 0 amide bonds. The van der Waals surface area contributed by atoms with Crippen LogP contribution in [0.5, 0.6) is 0 Å². The number of fused-ring (bicyclic) bond motifs is 10. The van der Waals surface area contributed by atoms with Gasteiger partial charge in [-0.3, -0.25) is 9.97 Å². The highest BCUT2D eigenvalue weighted by Gasteiger charge is 2.53. The van der Waals surface area contributed by atoms with Crippen LogP contribution in [0.1, 0.15) is 22.3 Å². The second-order valence-corrected chi connectivity index (χ2v) is 16.0. The summed E-state index contributed by atoms with van der Waals surface area (Å²) in [5, 5.41) is 0. The quantitative estimate of drug-likeness (QED) is 0.168. The van der Waals surface area contributed by atoms with Gasteiger partial charge >= 0.3 is 0 Å². The number of nitrogens with zero attached hydrogens (tertiary/aromatic N) is 2. The molecule has 0 N–H and O–H groups in total. The molecular weight excluding hydrogens is 737 g/mol. The zero-order valence-electron chi connectivity index (χ0n) is 33.3. The van der Waals surface area contributed by atoms with Crippen LogP contribution in [0, 0.1) is 0 Å². The van der Waals surface area contributed by atoms with E-state index in [0.29, 0.717) is 0 Å². The minimum Gasteiger partial charge on any atom is -0.256 e. The summed E-state index contributed by atoms with van der Waals surface area (Å²) in [6.07, 6.45) is 3.98. The van der Waals surface area contributed by atoms with Crippen LogP contribution in [0.2, 0.25) is 0 Å². The maximum Gasteiger partial charge on any atom is 0.0737 e.